The van der Waals surface area contributed by atoms with Crippen molar-refractivity contribution in [2.45, 2.75) is 27.3 Å². The maximum Gasteiger partial charge on any atom is 0.269 e. The highest BCUT2D eigenvalue weighted by Gasteiger charge is 2.11. The monoisotopic (exact) mass is 314 g/mol. The van der Waals surface area contributed by atoms with Crippen LogP contribution in [-0.4, -0.2) is 29.8 Å². The van der Waals surface area contributed by atoms with Gasteiger partial charge in [0.1, 0.15) is 6.54 Å². The molecule has 0 spiro atoms. The molecule has 1 N–H and O–H groups in total. The van der Waals surface area contributed by atoms with Gasteiger partial charge in [-0.3, -0.25) is 9.59 Å². The van der Waals surface area contributed by atoms with E-state index in [1.165, 1.54) is 6.07 Å². The molecule has 0 saturated heterocycles. The SMILES string of the molecule is Cc1cc(C)c(NC(=O)Cn2ncc(N(C)C)cc2=O)c(C)c1. The van der Waals surface area contributed by atoms with Crippen molar-refractivity contribution in [3.8, 4) is 0 Å². The first kappa shape index (κ1) is 16.7. The highest BCUT2D eigenvalue weighted by atomic mass is 16.2. The molecule has 1 aromatic carbocycles. The predicted molar refractivity (Wildman–Crippen MR) is 92.1 cm³/mol. The average molecular weight is 314 g/mol. The molecule has 0 unspecified atom stereocenters. The van der Waals surface area contributed by atoms with Crippen molar-refractivity contribution in [2.75, 3.05) is 24.3 Å². The average Bonchev–Trinajstić information content (AvgIpc) is 2.44. The Morgan fingerprint density at radius 1 is 1.17 bits per heavy atom. The van der Waals surface area contributed by atoms with Crippen LogP contribution in [0.25, 0.3) is 0 Å². The number of carbonyl (C=O) groups is 1. The zero-order chi connectivity index (χ0) is 17.1. The van der Waals surface area contributed by atoms with E-state index in [1.54, 1.807) is 11.1 Å². The standard InChI is InChI=1S/C17H22N4O2/c1-11-6-12(2)17(13(3)7-11)19-15(22)10-21-16(23)8-14(9-18-21)20(4)5/h6-9H,10H2,1-5H3,(H,19,22). The van der Waals surface area contributed by atoms with Gasteiger partial charge in [0.2, 0.25) is 5.91 Å². The third kappa shape index (κ3) is 3.97. The van der Waals surface area contributed by atoms with Crippen LogP contribution in [0, 0.1) is 20.8 Å². The van der Waals surface area contributed by atoms with Crippen molar-refractivity contribution in [2.24, 2.45) is 0 Å². The molecule has 0 aliphatic carbocycles. The highest BCUT2D eigenvalue weighted by molar-refractivity contribution is 5.92. The van der Waals surface area contributed by atoms with Crippen molar-refractivity contribution in [3.05, 3.63) is 51.4 Å². The number of amides is 1. The van der Waals surface area contributed by atoms with Crippen molar-refractivity contribution < 1.29 is 4.79 Å². The van der Waals surface area contributed by atoms with Crippen molar-refractivity contribution >= 4 is 17.3 Å². The molecule has 2 rings (SSSR count). The second kappa shape index (κ2) is 6.64. The van der Waals surface area contributed by atoms with Crippen LogP contribution in [0.5, 0.6) is 0 Å². The Kier molecular flexibility index (Phi) is 4.83. The molecule has 6 heteroatoms. The van der Waals surface area contributed by atoms with E-state index in [0.29, 0.717) is 5.69 Å². The van der Waals surface area contributed by atoms with Gasteiger partial charge >= 0.3 is 0 Å². The molecular weight excluding hydrogens is 292 g/mol. The molecule has 0 bridgehead atoms. The second-order valence-electron chi connectivity index (χ2n) is 5.93. The number of nitrogens with zero attached hydrogens (tertiary/aromatic N) is 3. The van der Waals surface area contributed by atoms with Crippen molar-refractivity contribution in [1.82, 2.24) is 9.78 Å². The van der Waals surface area contributed by atoms with E-state index in [0.717, 1.165) is 27.1 Å². The van der Waals surface area contributed by atoms with Gasteiger partial charge in [0.15, 0.2) is 0 Å². The Morgan fingerprint density at radius 3 is 2.30 bits per heavy atom. The largest absolute Gasteiger partial charge is 0.376 e. The predicted octanol–water partition coefficient (Wildman–Crippen LogP) is 1.87. The maximum atomic E-state index is 12.2. The lowest BCUT2D eigenvalue weighted by molar-refractivity contribution is -0.117. The molecule has 1 amide bonds. The van der Waals surface area contributed by atoms with E-state index in [-0.39, 0.29) is 18.0 Å². The molecule has 0 aliphatic rings. The summed E-state index contributed by atoms with van der Waals surface area (Å²) in [5.41, 5.74) is 4.34. The highest BCUT2D eigenvalue weighted by Crippen LogP contribution is 2.21. The minimum Gasteiger partial charge on any atom is -0.376 e. The number of aromatic nitrogens is 2. The molecule has 0 saturated carbocycles. The molecule has 2 aromatic rings. The molecule has 122 valence electrons. The Labute approximate surface area is 135 Å². The summed E-state index contributed by atoms with van der Waals surface area (Å²) in [6.07, 6.45) is 1.57. The fourth-order valence-electron chi connectivity index (χ4n) is 2.48. The number of carbonyl (C=O) groups excluding carboxylic acids is 1. The fourth-order valence-corrected chi connectivity index (χ4v) is 2.48. The molecule has 1 aromatic heterocycles. The van der Waals surface area contributed by atoms with E-state index in [9.17, 15) is 9.59 Å². The second-order valence-corrected chi connectivity index (χ2v) is 5.93. The van der Waals surface area contributed by atoms with Crippen LogP contribution in [0.3, 0.4) is 0 Å². The van der Waals surface area contributed by atoms with E-state index >= 15 is 0 Å². The van der Waals surface area contributed by atoms with Crippen molar-refractivity contribution in [1.29, 1.82) is 0 Å². The molecule has 23 heavy (non-hydrogen) atoms. The Morgan fingerprint density at radius 2 is 1.78 bits per heavy atom. The normalized spacial score (nSPS) is 10.5. The first-order valence-corrected chi connectivity index (χ1v) is 7.40. The minimum atomic E-state index is -0.302. The van der Waals surface area contributed by atoms with Gasteiger partial charge in [0, 0.05) is 25.8 Å². The van der Waals surface area contributed by atoms with E-state index in [1.807, 2.05) is 47.0 Å². The number of aryl methyl sites for hydroxylation is 3. The number of rotatable bonds is 4. The molecular formula is C17H22N4O2. The van der Waals surface area contributed by atoms with Gasteiger partial charge in [0.25, 0.3) is 5.56 Å². The van der Waals surface area contributed by atoms with Crippen LogP contribution in [0.1, 0.15) is 16.7 Å². The van der Waals surface area contributed by atoms with Crippen LogP contribution in [-0.2, 0) is 11.3 Å². The van der Waals surface area contributed by atoms with Crippen LogP contribution in [0.4, 0.5) is 11.4 Å². The summed E-state index contributed by atoms with van der Waals surface area (Å²) in [5.74, 6) is -0.271. The van der Waals surface area contributed by atoms with Gasteiger partial charge in [-0.2, -0.15) is 5.10 Å². The fraction of sp³-hybridized carbons (Fsp3) is 0.353. The zero-order valence-electron chi connectivity index (χ0n) is 14.2. The van der Waals surface area contributed by atoms with Crippen LogP contribution >= 0.6 is 0 Å². The molecule has 1 heterocycles. The summed E-state index contributed by atoms with van der Waals surface area (Å²) in [5, 5.41) is 6.91. The van der Waals surface area contributed by atoms with Gasteiger partial charge in [-0.15, -0.1) is 0 Å². The Balaban J connectivity index is 2.16. The molecule has 6 nitrogen and oxygen atoms in total. The third-order valence-corrected chi connectivity index (χ3v) is 3.61. The smallest absolute Gasteiger partial charge is 0.269 e. The third-order valence-electron chi connectivity index (χ3n) is 3.61. The summed E-state index contributed by atoms with van der Waals surface area (Å²) >= 11 is 0. The lowest BCUT2D eigenvalue weighted by Gasteiger charge is -2.14. The van der Waals surface area contributed by atoms with Gasteiger partial charge < -0.3 is 10.2 Å². The van der Waals surface area contributed by atoms with Gasteiger partial charge in [0.05, 0.1) is 11.9 Å². The van der Waals surface area contributed by atoms with Crippen molar-refractivity contribution in [3.63, 3.8) is 0 Å². The van der Waals surface area contributed by atoms with E-state index in [4.69, 9.17) is 0 Å². The van der Waals surface area contributed by atoms with E-state index in [2.05, 4.69) is 10.4 Å². The Hall–Kier alpha value is -2.63. The summed E-state index contributed by atoms with van der Waals surface area (Å²) < 4.78 is 1.15. The molecule has 0 aliphatic heterocycles. The van der Waals surface area contributed by atoms with Gasteiger partial charge in [-0.05, 0) is 31.9 Å². The molecule has 0 radical (unpaired) electrons. The molecule has 0 fully saturated rings. The first-order chi connectivity index (χ1) is 10.8. The lowest BCUT2D eigenvalue weighted by Crippen LogP contribution is -2.30. The Bertz CT molecular complexity index is 770. The summed E-state index contributed by atoms with van der Waals surface area (Å²) in [6.45, 7) is 5.80. The van der Waals surface area contributed by atoms with Crippen LogP contribution in [0.15, 0.2) is 29.2 Å². The van der Waals surface area contributed by atoms with Gasteiger partial charge in [-0.25, -0.2) is 4.68 Å². The van der Waals surface area contributed by atoms with Gasteiger partial charge in [-0.1, -0.05) is 17.7 Å². The minimum absolute atomic E-state index is 0.112. The number of benzene rings is 1. The van der Waals surface area contributed by atoms with Crippen LogP contribution < -0.4 is 15.8 Å². The maximum absolute atomic E-state index is 12.2. The zero-order valence-corrected chi connectivity index (χ0v) is 14.2. The quantitative estimate of drug-likeness (QED) is 0.935. The first-order valence-electron chi connectivity index (χ1n) is 7.40. The summed E-state index contributed by atoms with van der Waals surface area (Å²) in [7, 11) is 3.66. The number of hydrogen-bond donors (Lipinski definition) is 1. The molecule has 0 atom stereocenters. The number of anilines is 2. The number of nitrogens with one attached hydrogen (secondary N) is 1. The summed E-state index contributed by atoms with van der Waals surface area (Å²) in [4.78, 5) is 26.0. The lowest BCUT2D eigenvalue weighted by atomic mass is 10.1. The number of hydrogen-bond acceptors (Lipinski definition) is 4. The summed E-state index contributed by atoms with van der Waals surface area (Å²) in [6, 6.07) is 5.49. The van der Waals surface area contributed by atoms with E-state index < -0.39 is 0 Å². The van der Waals surface area contributed by atoms with Crippen LogP contribution in [0.2, 0.25) is 0 Å². The topological polar surface area (TPSA) is 67.2 Å².